The number of nitrogens with zero attached hydrogens (tertiary/aromatic N) is 4. The molecule has 2 atom stereocenters. The third-order valence-corrected chi connectivity index (χ3v) is 6.37. The zero-order valence-corrected chi connectivity index (χ0v) is 18.4. The number of hydrogen-bond acceptors (Lipinski definition) is 6. The number of urea groups is 1. The van der Waals surface area contributed by atoms with Crippen LogP contribution in [0.3, 0.4) is 0 Å². The van der Waals surface area contributed by atoms with Gasteiger partial charge in [0.1, 0.15) is 11.9 Å². The summed E-state index contributed by atoms with van der Waals surface area (Å²) in [7, 11) is 1.80. The molecule has 32 heavy (non-hydrogen) atoms. The van der Waals surface area contributed by atoms with Crippen LogP contribution in [0.25, 0.3) is 0 Å². The van der Waals surface area contributed by atoms with E-state index >= 15 is 0 Å². The van der Waals surface area contributed by atoms with Gasteiger partial charge >= 0.3 is 6.03 Å². The van der Waals surface area contributed by atoms with E-state index in [0.717, 1.165) is 25.7 Å². The highest BCUT2D eigenvalue weighted by Gasteiger charge is 2.39. The predicted molar refractivity (Wildman–Crippen MR) is 113 cm³/mol. The molecule has 2 fully saturated rings. The quantitative estimate of drug-likeness (QED) is 0.290. The summed E-state index contributed by atoms with van der Waals surface area (Å²) in [5.74, 6) is -0.369. The van der Waals surface area contributed by atoms with Crippen LogP contribution in [0.5, 0.6) is 0 Å². The minimum Gasteiger partial charge on any atom is -0.337 e. The molecule has 11 nitrogen and oxygen atoms in total. The van der Waals surface area contributed by atoms with Crippen molar-refractivity contribution in [3.8, 4) is 0 Å². The fraction of sp³-hybridized carbons (Fsp3) is 0.667. The minimum absolute atomic E-state index is 0.103. The van der Waals surface area contributed by atoms with Crippen molar-refractivity contribution in [3.63, 3.8) is 0 Å². The van der Waals surface area contributed by atoms with E-state index < -0.39 is 23.9 Å². The van der Waals surface area contributed by atoms with Gasteiger partial charge in [0.2, 0.25) is 12.3 Å². The fourth-order valence-electron chi connectivity index (χ4n) is 4.67. The minimum atomic E-state index is -0.754. The molecule has 1 aromatic rings. The largest absolute Gasteiger partial charge is 0.337 e. The van der Waals surface area contributed by atoms with Crippen molar-refractivity contribution in [1.29, 1.82) is 0 Å². The molecule has 176 valence electrons. The number of carbonyl (C=O) groups is 4. The van der Waals surface area contributed by atoms with Crippen molar-refractivity contribution in [2.45, 2.75) is 57.5 Å². The third-order valence-electron chi connectivity index (χ3n) is 6.37. The van der Waals surface area contributed by atoms with Crippen molar-refractivity contribution >= 4 is 24.3 Å². The Labute approximate surface area is 187 Å². The second-order valence-corrected chi connectivity index (χ2v) is 8.63. The molecule has 2 aliphatic rings. The SMILES string of the molecule is Cn1ccnc1CNC(=O)NC(=O)[C@@H]1CCCN1C(=O)[C@H](CC1CCCC1)CN(O)C=O. The molecule has 2 heterocycles. The maximum atomic E-state index is 13.3. The van der Waals surface area contributed by atoms with Gasteiger partial charge < -0.3 is 14.8 Å². The van der Waals surface area contributed by atoms with Crippen molar-refractivity contribution in [2.24, 2.45) is 18.9 Å². The molecule has 0 radical (unpaired) electrons. The van der Waals surface area contributed by atoms with Gasteiger partial charge in [0.25, 0.3) is 5.91 Å². The smallest absolute Gasteiger partial charge is 0.321 e. The Morgan fingerprint density at radius 2 is 2.03 bits per heavy atom. The number of hydrogen-bond donors (Lipinski definition) is 3. The average molecular weight is 449 g/mol. The van der Waals surface area contributed by atoms with Gasteiger partial charge in [-0.2, -0.15) is 0 Å². The standard InChI is InChI=1S/C21H32N6O5/c1-25-10-8-22-18(25)12-23-21(31)24-19(29)17-7-4-9-27(17)20(30)16(13-26(32)14-28)11-15-5-2-3-6-15/h8,10,14-17,32H,2-7,9,11-13H2,1H3,(H2,23,24,29,31)/t16-,17+/m1/s1. The molecule has 1 aliphatic carbocycles. The Kier molecular flexibility index (Phi) is 8.20. The number of imidazole rings is 1. The number of aromatic nitrogens is 2. The number of imide groups is 1. The van der Waals surface area contributed by atoms with E-state index in [9.17, 15) is 24.4 Å². The molecule has 3 N–H and O–H groups in total. The third kappa shape index (κ3) is 6.06. The molecule has 1 saturated carbocycles. The summed E-state index contributed by atoms with van der Waals surface area (Å²) < 4.78 is 1.76. The number of likely N-dealkylation sites (tertiary alicyclic amines) is 1. The number of nitrogens with one attached hydrogen (secondary N) is 2. The van der Waals surface area contributed by atoms with Crippen LogP contribution in [0.4, 0.5) is 4.79 Å². The second kappa shape index (κ2) is 11.1. The van der Waals surface area contributed by atoms with Crippen LogP contribution in [0, 0.1) is 11.8 Å². The Hall–Kier alpha value is -2.95. The molecule has 0 unspecified atom stereocenters. The number of hydroxylamine groups is 2. The first-order valence-corrected chi connectivity index (χ1v) is 11.1. The lowest BCUT2D eigenvalue weighted by molar-refractivity contribution is -0.158. The molecule has 1 saturated heterocycles. The molecule has 0 spiro atoms. The summed E-state index contributed by atoms with van der Waals surface area (Å²) in [5.41, 5.74) is 0. The van der Waals surface area contributed by atoms with Crippen molar-refractivity contribution in [3.05, 3.63) is 18.2 Å². The first kappa shape index (κ1) is 23.7. The molecular weight excluding hydrogens is 416 g/mol. The van der Waals surface area contributed by atoms with E-state index in [0.29, 0.717) is 42.6 Å². The second-order valence-electron chi connectivity index (χ2n) is 8.63. The topological polar surface area (TPSA) is 137 Å². The highest BCUT2D eigenvalue weighted by molar-refractivity contribution is 5.99. The lowest BCUT2D eigenvalue weighted by Gasteiger charge is -2.30. The Balaban J connectivity index is 1.59. The summed E-state index contributed by atoms with van der Waals surface area (Å²) in [6, 6.07) is -1.40. The zero-order valence-electron chi connectivity index (χ0n) is 18.4. The van der Waals surface area contributed by atoms with Crippen LogP contribution >= 0.6 is 0 Å². The van der Waals surface area contributed by atoms with Crippen molar-refractivity contribution in [2.75, 3.05) is 13.1 Å². The molecule has 0 aromatic carbocycles. The fourth-order valence-corrected chi connectivity index (χ4v) is 4.67. The van der Waals surface area contributed by atoms with Gasteiger partial charge in [0, 0.05) is 26.0 Å². The first-order valence-electron chi connectivity index (χ1n) is 11.1. The van der Waals surface area contributed by atoms with Crippen LogP contribution in [0.2, 0.25) is 0 Å². The Morgan fingerprint density at radius 1 is 1.28 bits per heavy atom. The van der Waals surface area contributed by atoms with Gasteiger partial charge in [0.05, 0.1) is 19.0 Å². The van der Waals surface area contributed by atoms with Gasteiger partial charge in [-0.15, -0.1) is 0 Å². The first-order chi connectivity index (χ1) is 15.4. The van der Waals surface area contributed by atoms with Crippen LogP contribution in [0.15, 0.2) is 12.4 Å². The van der Waals surface area contributed by atoms with E-state index in [2.05, 4.69) is 15.6 Å². The van der Waals surface area contributed by atoms with Gasteiger partial charge in [-0.1, -0.05) is 25.7 Å². The molecule has 5 amide bonds. The monoisotopic (exact) mass is 448 g/mol. The van der Waals surface area contributed by atoms with Crippen molar-refractivity contribution in [1.82, 2.24) is 30.1 Å². The summed E-state index contributed by atoms with van der Waals surface area (Å²) in [4.78, 5) is 54.7. The normalized spacial score (nSPS) is 19.6. The molecular formula is C21H32N6O5. The molecule has 1 aromatic heterocycles. The highest BCUT2D eigenvalue weighted by atomic mass is 16.5. The summed E-state index contributed by atoms with van der Waals surface area (Å²) in [6.07, 6.45) is 9.60. The maximum absolute atomic E-state index is 13.3. The maximum Gasteiger partial charge on any atom is 0.321 e. The van der Waals surface area contributed by atoms with Crippen molar-refractivity contribution < 1.29 is 24.4 Å². The number of carbonyl (C=O) groups excluding carboxylic acids is 4. The van der Waals surface area contributed by atoms with Gasteiger partial charge in [-0.25, -0.2) is 14.8 Å². The van der Waals surface area contributed by atoms with E-state index in [1.807, 2.05) is 0 Å². The number of rotatable bonds is 9. The lowest BCUT2D eigenvalue weighted by Crippen LogP contribution is -2.52. The Morgan fingerprint density at radius 3 is 2.69 bits per heavy atom. The van der Waals surface area contributed by atoms with E-state index in [1.54, 1.807) is 24.0 Å². The summed E-state index contributed by atoms with van der Waals surface area (Å²) in [5, 5.41) is 15.1. The summed E-state index contributed by atoms with van der Waals surface area (Å²) >= 11 is 0. The number of aryl methyl sites for hydroxylation is 1. The van der Waals surface area contributed by atoms with E-state index in [1.165, 1.54) is 4.90 Å². The van der Waals surface area contributed by atoms with E-state index in [4.69, 9.17) is 0 Å². The lowest BCUT2D eigenvalue weighted by atomic mass is 9.91. The van der Waals surface area contributed by atoms with Crippen LogP contribution in [-0.2, 0) is 28.0 Å². The van der Waals surface area contributed by atoms with Crippen LogP contribution < -0.4 is 10.6 Å². The molecule has 11 heteroatoms. The highest BCUT2D eigenvalue weighted by Crippen LogP contribution is 2.32. The number of amides is 5. The average Bonchev–Trinajstić information content (AvgIpc) is 3.53. The molecule has 3 rings (SSSR count). The van der Waals surface area contributed by atoms with Gasteiger partial charge in [-0.3, -0.25) is 24.9 Å². The van der Waals surface area contributed by atoms with Crippen LogP contribution in [-0.4, -0.2) is 68.1 Å². The van der Waals surface area contributed by atoms with Gasteiger partial charge in [0.15, 0.2) is 0 Å². The van der Waals surface area contributed by atoms with Crippen LogP contribution in [0.1, 0.15) is 50.8 Å². The predicted octanol–water partition coefficient (Wildman–Crippen LogP) is 0.781. The molecule has 1 aliphatic heterocycles. The summed E-state index contributed by atoms with van der Waals surface area (Å²) in [6.45, 7) is 0.463. The zero-order chi connectivity index (χ0) is 23.1. The van der Waals surface area contributed by atoms with Gasteiger partial charge in [-0.05, 0) is 25.2 Å². The Bertz CT molecular complexity index is 821. The molecule has 0 bridgehead atoms. The van der Waals surface area contributed by atoms with E-state index in [-0.39, 0.29) is 25.4 Å².